The van der Waals surface area contributed by atoms with Gasteiger partial charge in [-0.1, -0.05) is 16.7 Å². The molecule has 3 atom stereocenters. The number of ether oxygens (including phenoxy) is 1. The van der Waals surface area contributed by atoms with Gasteiger partial charge in [-0.05, 0) is 72.1 Å². The van der Waals surface area contributed by atoms with E-state index in [1.165, 1.54) is 19.1 Å². The van der Waals surface area contributed by atoms with Crippen LogP contribution in [0.15, 0.2) is 34.9 Å². The first-order chi connectivity index (χ1) is 25.5. The minimum atomic E-state index is -1.05. The number of hydrogen-bond donors (Lipinski definition) is 8. The topological polar surface area (TPSA) is 276 Å². The number of amides is 6. The number of hydrogen-bond acceptors (Lipinski definition) is 13. The molecule has 1 aliphatic rings. The third-order valence-electron chi connectivity index (χ3n) is 8.14. The third-order valence-corrected chi connectivity index (χ3v) is 8.14. The van der Waals surface area contributed by atoms with Crippen LogP contribution >= 0.6 is 0 Å². The van der Waals surface area contributed by atoms with Gasteiger partial charge in [0, 0.05) is 64.4 Å². The molecule has 1 aliphatic heterocycles. The Morgan fingerprint density at radius 2 is 1.07 bits per heavy atom. The summed E-state index contributed by atoms with van der Waals surface area (Å²) < 4.78 is 5.26. The average Bonchev–Trinajstić information content (AvgIpc) is 3.09. The maximum atomic E-state index is 12.6. The first-order valence-corrected chi connectivity index (χ1v) is 17.8. The minimum Gasteiger partial charge on any atom is -0.464 e. The molecule has 0 aromatic rings. The zero-order valence-corrected chi connectivity index (χ0v) is 31.4. The first kappa shape index (κ1) is 47.3. The molecule has 1 unspecified atom stereocenters. The van der Waals surface area contributed by atoms with Gasteiger partial charge < -0.3 is 30.9 Å². The molecular formula is C35H56N6O13. The van der Waals surface area contributed by atoms with E-state index < -0.39 is 59.5 Å². The van der Waals surface area contributed by atoms with E-state index in [0.29, 0.717) is 38.3 Å². The second kappa shape index (κ2) is 25.4. The van der Waals surface area contributed by atoms with Gasteiger partial charge in [0.15, 0.2) is 0 Å². The number of carbonyl (C=O) groups is 7. The first-order valence-electron chi connectivity index (χ1n) is 17.8. The van der Waals surface area contributed by atoms with Gasteiger partial charge in [-0.25, -0.2) is 20.0 Å². The summed E-state index contributed by atoms with van der Waals surface area (Å²) in [6.07, 6.45) is 5.09. The molecule has 19 heteroatoms. The van der Waals surface area contributed by atoms with E-state index in [2.05, 4.69) is 16.0 Å². The number of aliphatic hydroxyl groups excluding tert-OH is 2. The van der Waals surface area contributed by atoms with Gasteiger partial charge in [0.25, 0.3) is 17.7 Å². The number of hydroxylamine groups is 6. The summed E-state index contributed by atoms with van der Waals surface area (Å²) in [6.45, 7) is 5.30. The van der Waals surface area contributed by atoms with Gasteiger partial charge in [0.2, 0.25) is 17.7 Å². The van der Waals surface area contributed by atoms with Crippen molar-refractivity contribution in [2.75, 3.05) is 39.5 Å². The number of rotatable bonds is 24. The van der Waals surface area contributed by atoms with Crippen molar-refractivity contribution in [3.05, 3.63) is 34.9 Å². The highest BCUT2D eigenvalue weighted by molar-refractivity contribution is 5.97. The van der Waals surface area contributed by atoms with Crippen molar-refractivity contribution >= 4 is 41.4 Å². The number of esters is 1. The van der Waals surface area contributed by atoms with Gasteiger partial charge in [-0.3, -0.25) is 44.4 Å². The van der Waals surface area contributed by atoms with Crippen LogP contribution in [0.25, 0.3) is 0 Å². The van der Waals surface area contributed by atoms with Crippen LogP contribution in [0.3, 0.4) is 0 Å². The predicted octanol–water partition coefficient (Wildman–Crippen LogP) is 0.00530. The summed E-state index contributed by atoms with van der Waals surface area (Å²) in [7, 11) is 0. The Morgan fingerprint density at radius 3 is 1.46 bits per heavy atom. The standard InChI is InChI=1S/C35H56N6O13/c1-23(11-17-42)20-30(45)39(51)14-5-8-27-33(48)38-28(34(49)37-27)9-6-15-40(52)32(47)22-25(3)13-19-54-35(50)29(36-26(4)44)10-7-16-41(53)31(46)21-24(2)12-18-43/h20-22,27-29,42-43,51-53H,5-19H2,1-4H3,(H,36,44)(H,37,49)(H,38,48)/b23-20+,24-21+,25-22+/t27-,28-,29?/m0/s1. The zero-order valence-electron chi connectivity index (χ0n) is 31.4. The molecular weight excluding hydrogens is 712 g/mol. The number of carbonyl (C=O) groups excluding carboxylic acids is 7. The van der Waals surface area contributed by atoms with E-state index in [1.54, 1.807) is 20.8 Å². The van der Waals surface area contributed by atoms with Gasteiger partial charge in [0.05, 0.1) is 6.61 Å². The van der Waals surface area contributed by atoms with E-state index in [1.807, 2.05) is 0 Å². The lowest BCUT2D eigenvalue weighted by Gasteiger charge is -2.30. The Morgan fingerprint density at radius 1 is 0.685 bits per heavy atom. The second-order valence-corrected chi connectivity index (χ2v) is 13.0. The summed E-state index contributed by atoms with van der Waals surface area (Å²) in [5.74, 6) is -4.25. The molecule has 6 amide bonds. The molecule has 54 heavy (non-hydrogen) atoms. The summed E-state index contributed by atoms with van der Waals surface area (Å²) in [6, 6.07) is -2.81. The maximum absolute atomic E-state index is 12.6. The van der Waals surface area contributed by atoms with Crippen molar-refractivity contribution in [1.29, 1.82) is 0 Å². The minimum absolute atomic E-state index is 0.0556. The Labute approximate surface area is 314 Å². The quantitative estimate of drug-likeness (QED) is 0.0279. The molecule has 0 radical (unpaired) electrons. The highest BCUT2D eigenvalue weighted by Gasteiger charge is 2.33. The molecule has 19 nitrogen and oxygen atoms in total. The molecule has 1 saturated heterocycles. The summed E-state index contributed by atoms with van der Waals surface area (Å²) in [4.78, 5) is 85.9. The summed E-state index contributed by atoms with van der Waals surface area (Å²) in [5.41, 5.74) is 1.64. The van der Waals surface area contributed by atoms with Crippen molar-refractivity contribution in [2.45, 2.75) is 104 Å². The summed E-state index contributed by atoms with van der Waals surface area (Å²) >= 11 is 0. The van der Waals surface area contributed by atoms with Crippen LogP contribution in [0.2, 0.25) is 0 Å². The van der Waals surface area contributed by atoms with Crippen molar-refractivity contribution in [1.82, 2.24) is 31.1 Å². The van der Waals surface area contributed by atoms with Gasteiger partial charge in [-0.15, -0.1) is 0 Å². The van der Waals surface area contributed by atoms with Crippen LogP contribution in [-0.4, -0.2) is 140 Å². The highest BCUT2D eigenvalue weighted by atomic mass is 16.5. The van der Waals surface area contributed by atoms with E-state index in [4.69, 9.17) is 14.9 Å². The molecule has 1 heterocycles. The molecule has 1 fully saturated rings. The number of piperazine rings is 1. The van der Waals surface area contributed by atoms with Gasteiger partial charge in [-0.2, -0.15) is 0 Å². The van der Waals surface area contributed by atoms with Crippen LogP contribution in [0, 0.1) is 0 Å². The SMILES string of the molecule is CC(=O)NC(CCCN(O)C(=O)/C=C(\C)CCO)C(=O)OCC/C(C)=C/C(=O)N(O)CCC[C@@H]1NC(=O)[C@H](CCCN(O)C(=O)/C=C(\C)CCO)NC1=O. The normalized spacial score (nSPS) is 16.9. The van der Waals surface area contributed by atoms with E-state index in [9.17, 15) is 49.2 Å². The fourth-order valence-electron chi connectivity index (χ4n) is 5.08. The lowest BCUT2D eigenvalue weighted by Crippen LogP contribution is -2.61. The Hall–Kier alpha value is -4.69. The van der Waals surface area contributed by atoms with Crippen molar-refractivity contribution < 1.29 is 64.1 Å². The van der Waals surface area contributed by atoms with E-state index >= 15 is 0 Å². The average molecular weight is 769 g/mol. The van der Waals surface area contributed by atoms with Crippen molar-refractivity contribution in [3.8, 4) is 0 Å². The van der Waals surface area contributed by atoms with Crippen LogP contribution in [0.5, 0.6) is 0 Å². The molecule has 0 spiro atoms. The third kappa shape index (κ3) is 18.9. The van der Waals surface area contributed by atoms with Crippen molar-refractivity contribution in [2.24, 2.45) is 0 Å². The molecule has 0 bridgehead atoms. The molecule has 0 aromatic heterocycles. The van der Waals surface area contributed by atoms with Gasteiger partial charge in [0.1, 0.15) is 18.1 Å². The molecule has 8 N–H and O–H groups in total. The monoisotopic (exact) mass is 768 g/mol. The number of nitrogens with one attached hydrogen (secondary N) is 3. The molecule has 0 aliphatic carbocycles. The zero-order chi connectivity index (χ0) is 40.8. The number of nitrogens with zero attached hydrogens (tertiary/aromatic N) is 3. The van der Waals surface area contributed by atoms with Gasteiger partial charge >= 0.3 is 5.97 Å². The Balaban J connectivity index is 2.47. The predicted molar refractivity (Wildman–Crippen MR) is 190 cm³/mol. The molecule has 1 rings (SSSR count). The molecule has 0 aromatic carbocycles. The second-order valence-electron chi connectivity index (χ2n) is 13.0. The van der Waals surface area contributed by atoms with E-state index in [0.717, 1.165) is 6.08 Å². The number of aliphatic hydroxyl groups is 2. The lowest BCUT2D eigenvalue weighted by atomic mass is 10.0. The summed E-state index contributed by atoms with van der Waals surface area (Å²) in [5, 5.41) is 57.0. The maximum Gasteiger partial charge on any atom is 0.328 e. The fourth-order valence-corrected chi connectivity index (χ4v) is 5.08. The fraction of sp³-hybridized carbons (Fsp3) is 0.629. The van der Waals surface area contributed by atoms with Crippen LogP contribution in [0.4, 0.5) is 0 Å². The van der Waals surface area contributed by atoms with Crippen LogP contribution in [0.1, 0.15) is 85.5 Å². The van der Waals surface area contributed by atoms with Crippen molar-refractivity contribution in [3.63, 3.8) is 0 Å². The lowest BCUT2D eigenvalue weighted by molar-refractivity contribution is -0.160. The van der Waals surface area contributed by atoms with Crippen LogP contribution < -0.4 is 16.0 Å². The largest absolute Gasteiger partial charge is 0.464 e. The molecule has 0 saturated carbocycles. The van der Waals surface area contributed by atoms with Crippen LogP contribution in [-0.2, 0) is 38.3 Å². The van der Waals surface area contributed by atoms with E-state index in [-0.39, 0.29) is 90.8 Å². The Kier molecular flexibility index (Phi) is 22.2. The Bertz CT molecular complexity index is 1400. The highest BCUT2D eigenvalue weighted by Crippen LogP contribution is 2.11. The molecule has 304 valence electrons. The smallest absolute Gasteiger partial charge is 0.328 e.